The highest BCUT2D eigenvalue weighted by Crippen LogP contribution is 2.20. The average Bonchev–Trinajstić information content (AvgIpc) is 3.02. The van der Waals surface area contributed by atoms with E-state index in [0.717, 1.165) is 5.75 Å². The van der Waals surface area contributed by atoms with Gasteiger partial charge in [0.1, 0.15) is 11.5 Å². The quantitative estimate of drug-likeness (QED) is 0.441. The predicted octanol–water partition coefficient (Wildman–Crippen LogP) is 3.40. The molecule has 0 bridgehead atoms. The van der Waals surface area contributed by atoms with Gasteiger partial charge in [0.15, 0.2) is 6.61 Å². The lowest BCUT2D eigenvalue weighted by atomic mass is 10.1. The summed E-state index contributed by atoms with van der Waals surface area (Å²) < 4.78 is 20.9. The molecule has 162 valence electrons. The lowest BCUT2D eigenvalue weighted by Gasteiger charge is -2.08. The number of H-pyrrole nitrogens is 1. The van der Waals surface area contributed by atoms with Gasteiger partial charge in [0.05, 0.1) is 37.5 Å². The number of hydrogen-bond acceptors (Lipinski definition) is 7. The van der Waals surface area contributed by atoms with Crippen LogP contribution in [0.3, 0.4) is 0 Å². The van der Waals surface area contributed by atoms with Gasteiger partial charge in [0, 0.05) is 5.69 Å². The second-order valence-electron chi connectivity index (χ2n) is 6.43. The number of benzene rings is 1. The van der Waals surface area contributed by atoms with Crippen molar-refractivity contribution in [2.24, 2.45) is 0 Å². The van der Waals surface area contributed by atoms with Crippen LogP contribution < -0.4 is 9.47 Å². The zero-order chi connectivity index (χ0) is 22.1. The number of esters is 2. The third kappa shape index (κ3) is 6.10. The van der Waals surface area contributed by atoms with Crippen LogP contribution in [-0.2, 0) is 14.3 Å². The number of aromatic amines is 1. The average molecular weight is 417 g/mol. The van der Waals surface area contributed by atoms with Gasteiger partial charge in [-0.05, 0) is 57.5 Å². The van der Waals surface area contributed by atoms with E-state index >= 15 is 0 Å². The first-order valence-electron chi connectivity index (χ1n) is 9.78. The van der Waals surface area contributed by atoms with Crippen LogP contribution in [0, 0.1) is 13.8 Å². The molecule has 0 radical (unpaired) electrons. The van der Waals surface area contributed by atoms with E-state index in [1.54, 1.807) is 45.0 Å². The van der Waals surface area contributed by atoms with Gasteiger partial charge >= 0.3 is 11.9 Å². The van der Waals surface area contributed by atoms with Gasteiger partial charge in [-0.2, -0.15) is 0 Å². The molecular weight excluding hydrogens is 390 g/mol. The van der Waals surface area contributed by atoms with E-state index in [2.05, 4.69) is 4.98 Å². The Morgan fingerprint density at radius 1 is 0.900 bits per heavy atom. The van der Waals surface area contributed by atoms with Crippen LogP contribution in [-0.4, -0.2) is 49.1 Å². The Bertz CT molecular complexity index is 884. The minimum absolute atomic E-state index is 0.00268. The summed E-state index contributed by atoms with van der Waals surface area (Å²) in [6.45, 7) is 7.45. The van der Waals surface area contributed by atoms with E-state index in [1.165, 1.54) is 0 Å². The summed E-state index contributed by atoms with van der Waals surface area (Å²) in [5.41, 5.74) is 1.57. The summed E-state index contributed by atoms with van der Waals surface area (Å²) in [7, 11) is 0. The topological polar surface area (TPSA) is 104 Å². The molecule has 2 rings (SSSR count). The maximum Gasteiger partial charge on any atom is 0.340 e. The maximum absolute atomic E-state index is 12.4. The molecule has 0 aliphatic rings. The van der Waals surface area contributed by atoms with Gasteiger partial charge in [-0.3, -0.25) is 9.59 Å². The van der Waals surface area contributed by atoms with Crippen molar-refractivity contribution in [2.75, 3.05) is 26.4 Å². The van der Waals surface area contributed by atoms with Gasteiger partial charge in [0.2, 0.25) is 5.78 Å². The van der Waals surface area contributed by atoms with Gasteiger partial charge < -0.3 is 23.9 Å². The van der Waals surface area contributed by atoms with E-state index in [1.807, 2.05) is 6.92 Å². The summed E-state index contributed by atoms with van der Waals surface area (Å²) in [6, 6.07) is 7.05. The monoisotopic (exact) mass is 417 g/mol. The van der Waals surface area contributed by atoms with Crippen LogP contribution >= 0.6 is 0 Å². The number of aryl methyl sites for hydroxylation is 1. The minimum atomic E-state index is -0.555. The molecule has 30 heavy (non-hydrogen) atoms. The van der Waals surface area contributed by atoms with E-state index in [-0.39, 0.29) is 25.3 Å². The Balaban J connectivity index is 1.81. The lowest BCUT2D eigenvalue weighted by molar-refractivity contribution is -0.143. The van der Waals surface area contributed by atoms with E-state index in [4.69, 9.17) is 18.9 Å². The van der Waals surface area contributed by atoms with Crippen molar-refractivity contribution in [3.05, 3.63) is 46.8 Å². The molecule has 0 fully saturated rings. The first kappa shape index (κ1) is 23.0. The zero-order valence-corrected chi connectivity index (χ0v) is 17.7. The Hall–Kier alpha value is -3.29. The zero-order valence-electron chi connectivity index (χ0n) is 17.7. The number of rotatable bonds is 11. The van der Waals surface area contributed by atoms with Gasteiger partial charge in [-0.25, -0.2) is 4.79 Å². The molecular formula is C22H27NO7. The highest BCUT2D eigenvalue weighted by molar-refractivity contribution is 6.02. The molecule has 1 N–H and O–H groups in total. The normalized spacial score (nSPS) is 10.4. The molecule has 0 amide bonds. The third-order valence-electron chi connectivity index (χ3n) is 4.27. The van der Waals surface area contributed by atoms with Crippen LogP contribution in [0.4, 0.5) is 0 Å². The second-order valence-corrected chi connectivity index (χ2v) is 6.43. The molecule has 8 nitrogen and oxygen atoms in total. The highest BCUT2D eigenvalue weighted by atomic mass is 16.5. The van der Waals surface area contributed by atoms with E-state index in [9.17, 15) is 14.4 Å². The molecule has 0 aliphatic heterocycles. The number of nitrogens with one attached hydrogen (secondary N) is 1. The Kier molecular flexibility index (Phi) is 8.46. The number of carbonyl (C=O) groups is 3. The summed E-state index contributed by atoms with van der Waals surface area (Å²) in [6.07, 6.45) is -0.00268. The summed E-state index contributed by atoms with van der Waals surface area (Å²) in [5.74, 6) is -0.131. The first-order chi connectivity index (χ1) is 14.4. The van der Waals surface area contributed by atoms with Crippen LogP contribution in [0.5, 0.6) is 11.5 Å². The summed E-state index contributed by atoms with van der Waals surface area (Å²) >= 11 is 0. The molecule has 1 heterocycles. The highest BCUT2D eigenvalue weighted by Gasteiger charge is 2.23. The fourth-order valence-corrected chi connectivity index (χ4v) is 2.88. The first-order valence-corrected chi connectivity index (χ1v) is 9.78. The SMILES string of the molecule is CCOC(=O)c1c(C)[nH]c(C(=O)COC(=O)CCOc2ccc(OCC)cc2)c1C. The Morgan fingerprint density at radius 2 is 1.53 bits per heavy atom. The molecule has 0 atom stereocenters. The molecule has 1 aromatic carbocycles. The fourth-order valence-electron chi connectivity index (χ4n) is 2.88. The molecule has 0 saturated carbocycles. The molecule has 0 aliphatic carbocycles. The molecule has 0 saturated heterocycles. The van der Waals surface area contributed by atoms with Crippen molar-refractivity contribution in [1.82, 2.24) is 4.98 Å². The van der Waals surface area contributed by atoms with Crippen LogP contribution in [0.1, 0.15) is 52.4 Å². The van der Waals surface area contributed by atoms with Crippen molar-refractivity contribution < 1.29 is 33.3 Å². The summed E-state index contributed by atoms with van der Waals surface area (Å²) in [5, 5.41) is 0. The largest absolute Gasteiger partial charge is 0.494 e. The summed E-state index contributed by atoms with van der Waals surface area (Å²) in [4.78, 5) is 39.2. The van der Waals surface area contributed by atoms with Crippen molar-refractivity contribution in [3.8, 4) is 11.5 Å². The third-order valence-corrected chi connectivity index (χ3v) is 4.27. The number of ether oxygens (including phenoxy) is 4. The van der Waals surface area contributed by atoms with E-state index < -0.39 is 24.3 Å². The van der Waals surface area contributed by atoms with Crippen molar-refractivity contribution >= 4 is 17.7 Å². The molecule has 1 aromatic heterocycles. The molecule has 2 aromatic rings. The van der Waals surface area contributed by atoms with Gasteiger partial charge in [-0.15, -0.1) is 0 Å². The minimum Gasteiger partial charge on any atom is -0.494 e. The standard InChI is InChI=1S/C22H27NO7/c1-5-27-16-7-9-17(10-8-16)29-12-11-19(25)30-13-18(24)21-14(3)20(15(4)23-21)22(26)28-6-2/h7-10,23H,5-6,11-13H2,1-4H3. The number of aromatic nitrogens is 1. The smallest absolute Gasteiger partial charge is 0.340 e. The Morgan fingerprint density at radius 3 is 2.13 bits per heavy atom. The van der Waals surface area contributed by atoms with Crippen molar-refractivity contribution in [1.29, 1.82) is 0 Å². The van der Waals surface area contributed by atoms with Gasteiger partial charge in [-0.1, -0.05) is 0 Å². The number of Topliss-reactive ketones (excluding diaryl/α,β-unsaturated/α-hetero) is 1. The molecule has 0 unspecified atom stereocenters. The Labute approximate surface area is 175 Å². The van der Waals surface area contributed by atoms with Crippen LogP contribution in [0.25, 0.3) is 0 Å². The van der Waals surface area contributed by atoms with Crippen LogP contribution in [0.2, 0.25) is 0 Å². The molecule has 8 heteroatoms. The second kappa shape index (κ2) is 11.0. The maximum atomic E-state index is 12.4. The molecule has 0 spiro atoms. The predicted molar refractivity (Wildman–Crippen MR) is 109 cm³/mol. The van der Waals surface area contributed by atoms with E-state index in [0.29, 0.717) is 29.2 Å². The fraction of sp³-hybridized carbons (Fsp3) is 0.409. The number of hydrogen-bond donors (Lipinski definition) is 1. The number of carbonyl (C=O) groups excluding carboxylic acids is 3. The lowest BCUT2D eigenvalue weighted by Crippen LogP contribution is -2.17. The van der Waals surface area contributed by atoms with Crippen molar-refractivity contribution in [3.63, 3.8) is 0 Å². The van der Waals surface area contributed by atoms with Crippen LogP contribution in [0.15, 0.2) is 24.3 Å². The van der Waals surface area contributed by atoms with Gasteiger partial charge in [0.25, 0.3) is 0 Å². The number of ketones is 1. The van der Waals surface area contributed by atoms with Crippen molar-refractivity contribution in [2.45, 2.75) is 34.1 Å².